The Labute approximate surface area is 179 Å². The molecule has 2 aromatic rings. The van der Waals surface area contributed by atoms with Crippen molar-refractivity contribution in [3.05, 3.63) is 47.7 Å². The summed E-state index contributed by atoms with van der Waals surface area (Å²) in [7, 11) is 2.20. The summed E-state index contributed by atoms with van der Waals surface area (Å²) < 4.78 is 5.67. The van der Waals surface area contributed by atoms with Gasteiger partial charge in [-0.1, -0.05) is 12.1 Å². The van der Waals surface area contributed by atoms with Gasteiger partial charge in [-0.3, -0.25) is 9.69 Å². The van der Waals surface area contributed by atoms with Crippen LogP contribution in [0, 0.1) is 6.92 Å². The Kier molecular flexibility index (Phi) is 7.57. The van der Waals surface area contributed by atoms with Gasteiger partial charge in [-0.15, -0.1) is 24.8 Å². The van der Waals surface area contributed by atoms with Crippen molar-refractivity contribution in [2.24, 2.45) is 0 Å². The first kappa shape index (κ1) is 22.8. The molecule has 2 aliphatic heterocycles. The topological polar surface area (TPSA) is 48.7 Å². The Bertz CT molecular complexity index is 785. The van der Waals surface area contributed by atoms with E-state index in [9.17, 15) is 4.79 Å². The number of carbonyl (C=O) groups is 1. The summed E-state index contributed by atoms with van der Waals surface area (Å²) in [5.74, 6) is 1.87. The summed E-state index contributed by atoms with van der Waals surface area (Å²) in [6.45, 7) is 6.56. The first-order valence-corrected chi connectivity index (χ1v) is 9.46. The van der Waals surface area contributed by atoms with Crippen molar-refractivity contribution in [3.63, 3.8) is 0 Å². The van der Waals surface area contributed by atoms with Crippen molar-refractivity contribution in [2.75, 3.05) is 39.8 Å². The Morgan fingerprint density at radius 1 is 1.04 bits per heavy atom. The van der Waals surface area contributed by atoms with E-state index in [2.05, 4.69) is 17.3 Å². The van der Waals surface area contributed by atoms with E-state index < -0.39 is 0 Å². The zero-order valence-electron chi connectivity index (χ0n) is 16.4. The number of amides is 1. The normalized spacial score (nSPS) is 19.0. The quantitative estimate of drug-likeness (QED) is 0.797. The second-order valence-corrected chi connectivity index (χ2v) is 7.61. The first-order chi connectivity index (χ1) is 12.6. The number of carbonyl (C=O) groups excluding carboxylic acids is 1. The molecule has 5 nitrogen and oxygen atoms in total. The van der Waals surface area contributed by atoms with Crippen LogP contribution in [-0.2, 0) is 0 Å². The van der Waals surface area contributed by atoms with Crippen LogP contribution in [0.15, 0.2) is 40.8 Å². The van der Waals surface area contributed by atoms with Crippen LogP contribution in [-0.4, -0.2) is 61.0 Å². The van der Waals surface area contributed by atoms with Crippen LogP contribution in [0.5, 0.6) is 0 Å². The van der Waals surface area contributed by atoms with E-state index >= 15 is 0 Å². The molecule has 1 aromatic carbocycles. The lowest BCUT2D eigenvalue weighted by atomic mass is 9.84. The molecule has 28 heavy (non-hydrogen) atoms. The van der Waals surface area contributed by atoms with Gasteiger partial charge in [0.15, 0.2) is 0 Å². The lowest BCUT2D eigenvalue weighted by molar-refractivity contribution is -0.000977. The molecule has 7 heteroatoms. The summed E-state index contributed by atoms with van der Waals surface area (Å²) in [6.07, 6.45) is 2.20. The van der Waals surface area contributed by atoms with E-state index in [1.54, 1.807) is 0 Å². The SMILES string of the molecule is Cc1ccc(-c2ccc(C(=O)N3CCN(C)C4(CCNCC4)C3)cc2)o1.Cl.Cl. The van der Waals surface area contributed by atoms with Crippen molar-refractivity contribution in [3.8, 4) is 11.3 Å². The van der Waals surface area contributed by atoms with E-state index in [-0.39, 0.29) is 36.3 Å². The standard InChI is InChI=1S/C21H27N3O2.2ClH/c1-16-3-8-19(26-16)17-4-6-18(7-5-17)20(25)24-14-13-23(2)21(15-24)9-11-22-12-10-21;;/h3-8,22H,9-15H2,1-2H3;2*1H. The van der Waals surface area contributed by atoms with Crippen LogP contribution >= 0.6 is 24.8 Å². The van der Waals surface area contributed by atoms with Crippen molar-refractivity contribution in [1.82, 2.24) is 15.1 Å². The highest BCUT2D eigenvalue weighted by atomic mass is 35.5. The smallest absolute Gasteiger partial charge is 0.253 e. The van der Waals surface area contributed by atoms with Gasteiger partial charge in [-0.25, -0.2) is 0 Å². The van der Waals surface area contributed by atoms with Gasteiger partial charge >= 0.3 is 0 Å². The minimum absolute atomic E-state index is 0. The van der Waals surface area contributed by atoms with Crippen LogP contribution in [0.1, 0.15) is 29.0 Å². The minimum atomic E-state index is 0. The molecule has 1 spiro atoms. The summed E-state index contributed by atoms with van der Waals surface area (Å²) in [4.78, 5) is 17.5. The number of rotatable bonds is 2. The maximum atomic E-state index is 13.1. The molecule has 0 saturated carbocycles. The van der Waals surface area contributed by atoms with Crippen molar-refractivity contribution >= 4 is 30.7 Å². The molecule has 1 aromatic heterocycles. The minimum Gasteiger partial charge on any atom is -0.461 e. The fraction of sp³-hybridized carbons (Fsp3) is 0.476. The molecule has 2 fully saturated rings. The number of hydrogen-bond donors (Lipinski definition) is 1. The van der Waals surface area contributed by atoms with Crippen molar-refractivity contribution < 1.29 is 9.21 Å². The molecule has 0 bridgehead atoms. The van der Waals surface area contributed by atoms with Gasteiger partial charge in [0.1, 0.15) is 11.5 Å². The third-order valence-electron chi connectivity index (χ3n) is 5.98. The monoisotopic (exact) mass is 425 g/mol. The second-order valence-electron chi connectivity index (χ2n) is 7.61. The van der Waals surface area contributed by atoms with E-state index in [1.165, 1.54) is 0 Å². The molecule has 0 aliphatic carbocycles. The number of nitrogens with zero attached hydrogens (tertiary/aromatic N) is 2. The van der Waals surface area contributed by atoms with Gasteiger partial charge in [0.2, 0.25) is 0 Å². The number of nitrogens with one attached hydrogen (secondary N) is 1. The predicted molar refractivity (Wildman–Crippen MR) is 117 cm³/mol. The van der Waals surface area contributed by atoms with Crippen molar-refractivity contribution in [2.45, 2.75) is 25.3 Å². The molecule has 0 atom stereocenters. The molecule has 154 valence electrons. The third-order valence-corrected chi connectivity index (χ3v) is 5.98. The van der Waals surface area contributed by atoms with Crippen molar-refractivity contribution in [1.29, 1.82) is 0 Å². The predicted octanol–water partition coefficient (Wildman–Crippen LogP) is 3.61. The second kappa shape index (κ2) is 9.31. The lowest BCUT2D eigenvalue weighted by Gasteiger charge is -2.51. The van der Waals surface area contributed by atoms with Gasteiger partial charge in [0.25, 0.3) is 5.91 Å². The zero-order chi connectivity index (χ0) is 18.1. The number of aryl methyl sites for hydroxylation is 1. The van der Waals surface area contributed by atoms with Crippen LogP contribution < -0.4 is 5.32 Å². The maximum Gasteiger partial charge on any atom is 0.253 e. The van der Waals surface area contributed by atoms with Crippen LogP contribution in [0.4, 0.5) is 0 Å². The van der Waals surface area contributed by atoms with Gasteiger partial charge in [-0.05, 0) is 64.2 Å². The van der Waals surface area contributed by atoms with Crippen LogP contribution in [0.2, 0.25) is 0 Å². The fourth-order valence-electron chi connectivity index (χ4n) is 4.22. The number of piperidine rings is 1. The summed E-state index contributed by atoms with van der Waals surface area (Å²) in [5, 5.41) is 3.44. The Morgan fingerprint density at radius 2 is 1.71 bits per heavy atom. The number of benzene rings is 1. The first-order valence-electron chi connectivity index (χ1n) is 9.46. The van der Waals surface area contributed by atoms with Gasteiger partial charge < -0.3 is 14.6 Å². The number of halogens is 2. The summed E-state index contributed by atoms with van der Waals surface area (Å²) in [6, 6.07) is 11.7. The van der Waals surface area contributed by atoms with Gasteiger partial charge in [0.05, 0.1) is 0 Å². The Morgan fingerprint density at radius 3 is 2.32 bits per heavy atom. The van der Waals surface area contributed by atoms with Crippen LogP contribution in [0.3, 0.4) is 0 Å². The molecule has 0 unspecified atom stereocenters. The maximum absolute atomic E-state index is 13.1. The average molecular weight is 426 g/mol. The highest BCUT2D eigenvalue weighted by Gasteiger charge is 2.41. The number of furan rings is 1. The third kappa shape index (κ3) is 4.38. The van der Waals surface area contributed by atoms with E-state index in [4.69, 9.17) is 4.42 Å². The zero-order valence-corrected chi connectivity index (χ0v) is 18.1. The molecule has 1 N–H and O–H groups in total. The molecular weight excluding hydrogens is 397 g/mol. The molecule has 1 amide bonds. The fourth-order valence-corrected chi connectivity index (χ4v) is 4.22. The molecular formula is C21H29Cl2N3O2. The largest absolute Gasteiger partial charge is 0.461 e. The average Bonchev–Trinajstić information content (AvgIpc) is 3.11. The highest BCUT2D eigenvalue weighted by Crippen LogP contribution is 2.30. The van der Waals surface area contributed by atoms with Gasteiger partial charge in [0, 0.05) is 36.3 Å². The summed E-state index contributed by atoms with van der Waals surface area (Å²) in [5.41, 5.74) is 1.89. The Hall–Kier alpha value is -1.53. The van der Waals surface area contributed by atoms with Crippen LogP contribution in [0.25, 0.3) is 11.3 Å². The van der Waals surface area contributed by atoms with E-state index in [1.807, 2.05) is 48.2 Å². The summed E-state index contributed by atoms with van der Waals surface area (Å²) >= 11 is 0. The Balaban J connectivity index is 0.00000140. The lowest BCUT2D eigenvalue weighted by Crippen LogP contribution is -2.64. The number of piperazine rings is 1. The highest BCUT2D eigenvalue weighted by molar-refractivity contribution is 5.94. The molecule has 3 heterocycles. The van der Waals surface area contributed by atoms with E-state index in [0.29, 0.717) is 0 Å². The van der Waals surface area contributed by atoms with Gasteiger partial charge in [-0.2, -0.15) is 0 Å². The molecule has 2 aliphatic rings. The molecule has 4 rings (SSSR count). The van der Waals surface area contributed by atoms with E-state index in [0.717, 1.165) is 68.2 Å². The molecule has 0 radical (unpaired) electrons. The number of hydrogen-bond acceptors (Lipinski definition) is 4. The molecule has 2 saturated heterocycles. The number of likely N-dealkylation sites (N-methyl/N-ethyl adjacent to an activating group) is 1.